The lowest BCUT2D eigenvalue weighted by Crippen LogP contribution is -2.49. The van der Waals surface area contributed by atoms with Gasteiger partial charge >= 0.3 is 12.4 Å². The molecule has 168 valence electrons. The Morgan fingerprint density at radius 3 is 1.84 bits per heavy atom. The molecule has 6 nitrogen and oxygen atoms in total. The quantitative estimate of drug-likeness (QED) is 0.217. The lowest BCUT2D eigenvalue weighted by Gasteiger charge is -2.36. The predicted molar refractivity (Wildman–Crippen MR) is 101 cm³/mol. The van der Waals surface area contributed by atoms with E-state index in [1.807, 2.05) is 0 Å². The number of rotatable bonds is 2. The molecule has 3 rings (SSSR count). The molecule has 0 unspecified atom stereocenters. The number of hydrogen-bond donors (Lipinski definition) is 1. The van der Waals surface area contributed by atoms with Crippen molar-refractivity contribution in [2.24, 2.45) is 5.16 Å². The number of hydrogen-bond acceptors (Lipinski definition) is 5. The Hall–Kier alpha value is -2.47. The van der Waals surface area contributed by atoms with Gasteiger partial charge in [-0.1, -0.05) is 28.4 Å². The minimum atomic E-state index is -4.63. The molecule has 0 radical (unpaired) electrons. The van der Waals surface area contributed by atoms with Gasteiger partial charge in [0.25, 0.3) is 0 Å². The van der Waals surface area contributed by atoms with Crippen molar-refractivity contribution in [2.45, 2.75) is 12.4 Å². The summed E-state index contributed by atoms with van der Waals surface area (Å²) in [4.78, 5) is 10.6. The van der Waals surface area contributed by atoms with Crippen LogP contribution in [0, 0.1) is 0 Å². The number of oxime groups is 1. The van der Waals surface area contributed by atoms with E-state index in [2.05, 4.69) is 15.1 Å². The highest BCUT2D eigenvalue weighted by atomic mass is 35.5. The first-order valence-electron chi connectivity index (χ1n) is 8.59. The summed E-state index contributed by atoms with van der Waals surface area (Å²) >= 11 is 11.9. The molecule has 0 aromatic carbocycles. The van der Waals surface area contributed by atoms with Crippen LogP contribution in [0.3, 0.4) is 0 Å². The van der Waals surface area contributed by atoms with Gasteiger partial charge in [0, 0.05) is 38.6 Å². The number of anilines is 1. The van der Waals surface area contributed by atoms with Crippen LogP contribution in [0.25, 0.3) is 0 Å². The van der Waals surface area contributed by atoms with Crippen molar-refractivity contribution in [3.05, 3.63) is 51.4 Å². The van der Waals surface area contributed by atoms with E-state index in [1.54, 1.807) is 4.90 Å². The fourth-order valence-corrected chi connectivity index (χ4v) is 3.50. The zero-order valence-corrected chi connectivity index (χ0v) is 16.9. The van der Waals surface area contributed by atoms with Crippen molar-refractivity contribution in [1.29, 1.82) is 0 Å². The van der Waals surface area contributed by atoms with Crippen molar-refractivity contribution < 1.29 is 31.5 Å². The summed E-state index contributed by atoms with van der Waals surface area (Å²) < 4.78 is 76.7. The molecule has 0 atom stereocenters. The lowest BCUT2D eigenvalue weighted by atomic mass is 10.2. The minimum absolute atomic E-state index is 0.134. The third kappa shape index (κ3) is 5.06. The molecule has 0 saturated carbocycles. The number of nitrogens with zero attached hydrogens (tertiary/aromatic N) is 5. The minimum Gasteiger partial charge on any atom is -0.409 e. The Balaban J connectivity index is 1.74. The summed E-state index contributed by atoms with van der Waals surface area (Å²) in [7, 11) is 0. The maximum absolute atomic E-state index is 12.8. The number of pyridine rings is 2. The highest BCUT2D eigenvalue weighted by molar-refractivity contribution is 6.34. The van der Waals surface area contributed by atoms with Crippen molar-refractivity contribution in [3.8, 4) is 0 Å². The summed E-state index contributed by atoms with van der Waals surface area (Å²) in [5.74, 6) is 0.0207. The van der Waals surface area contributed by atoms with Gasteiger partial charge in [0.15, 0.2) is 5.84 Å². The number of piperazine rings is 1. The van der Waals surface area contributed by atoms with E-state index in [9.17, 15) is 31.5 Å². The van der Waals surface area contributed by atoms with Crippen molar-refractivity contribution >= 4 is 34.9 Å². The van der Waals surface area contributed by atoms with Crippen molar-refractivity contribution in [1.82, 2.24) is 14.9 Å². The van der Waals surface area contributed by atoms with Crippen LogP contribution >= 0.6 is 23.2 Å². The topological polar surface area (TPSA) is 64.9 Å². The van der Waals surface area contributed by atoms with Gasteiger partial charge in [0.1, 0.15) is 11.5 Å². The first-order valence-corrected chi connectivity index (χ1v) is 9.35. The second-order valence-electron chi connectivity index (χ2n) is 6.48. The van der Waals surface area contributed by atoms with Crippen LogP contribution in [-0.2, 0) is 12.4 Å². The number of alkyl halides is 6. The molecule has 3 heterocycles. The highest BCUT2D eigenvalue weighted by Gasteiger charge is 2.34. The molecule has 1 aliphatic rings. The van der Waals surface area contributed by atoms with Crippen LogP contribution < -0.4 is 4.90 Å². The molecule has 1 fully saturated rings. The molecule has 31 heavy (non-hydrogen) atoms. The Bertz CT molecular complexity index is 990. The van der Waals surface area contributed by atoms with Crippen LogP contribution in [0.4, 0.5) is 32.2 Å². The smallest absolute Gasteiger partial charge is 0.409 e. The van der Waals surface area contributed by atoms with E-state index in [1.165, 1.54) is 4.90 Å². The van der Waals surface area contributed by atoms with Crippen LogP contribution in [0.15, 0.2) is 29.7 Å². The Kier molecular flexibility index (Phi) is 6.42. The monoisotopic (exact) mass is 487 g/mol. The standard InChI is InChI=1S/C17H13Cl2F6N5O/c18-11-5-9(16(20,21)22)7-26-13(11)15(28-31)30-3-1-29(2-4-30)14-12(19)6-10(8-27-14)17(23,24)25/h5-8,31H,1-4H2/b28-15+. The zero-order valence-electron chi connectivity index (χ0n) is 15.3. The van der Waals surface area contributed by atoms with E-state index in [4.69, 9.17) is 23.2 Å². The van der Waals surface area contributed by atoms with Crippen LogP contribution in [0.5, 0.6) is 0 Å². The van der Waals surface area contributed by atoms with Crippen LogP contribution in [0.1, 0.15) is 16.8 Å². The third-order valence-electron chi connectivity index (χ3n) is 4.50. The van der Waals surface area contributed by atoms with Gasteiger partial charge in [-0.15, -0.1) is 0 Å². The third-order valence-corrected chi connectivity index (χ3v) is 5.07. The SMILES string of the molecule is O/N=C(\c1ncc(C(F)(F)F)cc1Cl)N1CCN(c2ncc(C(F)(F)F)cc2Cl)CC1. The molecule has 0 aliphatic carbocycles. The normalized spacial score (nSPS) is 16.1. The number of aromatic nitrogens is 2. The van der Waals surface area contributed by atoms with Crippen LogP contribution in [-0.4, -0.2) is 52.1 Å². The fourth-order valence-electron chi connectivity index (χ4n) is 2.97. The summed E-state index contributed by atoms with van der Waals surface area (Å²) in [6.07, 6.45) is -7.95. The van der Waals surface area contributed by atoms with Gasteiger partial charge in [-0.2, -0.15) is 26.3 Å². The van der Waals surface area contributed by atoms with E-state index in [0.717, 1.165) is 6.07 Å². The molecule has 1 saturated heterocycles. The van der Waals surface area contributed by atoms with Gasteiger partial charge in [0.2, 0.25) is 0 Å². The largest absolute Gasteiger partial charge is 0.417 e. The number of amidine groups is 1. The average Bonchev–Trinajstić information content (AvgIpc) is 2.69. The molecule has 0 amide bonds. The molecule has 0 spiro atoms. The van der Waals surface area contributed by atoms with Gasteiger partial charge < -0.3 is 15.0 Å². The second-order valence-corrected chi connectivity index (χ2v) is 7.29. The van der Waals surface area contributed by atoms with E-state index < -0.39 is 23.5 Å². The van der Waals surface area contributed by atoms with Crippen molar-refractivity contribution in [3.63, 3.8) is 0 Å². The molecule has 2 aromatic rings. The van der Waals surface area contributed by atoms with Gasteiger partial charge in [-0.05, 0) is 12.1 Å². The number of halogens is 8. The maximum atomic E-state index is 12.8. The van der Waals surface area contributed by atoms with Crippen LogP contribution in [0.2, 0.25) is 10.0 Å². The van der Waals surface area contributed by atoms with E-state index >= 15 is 0 Å². The van der Waals surface area contributed by atoms with Gasteiger partial charge in [-0.3, -0.25) is 4.98 Å². The molecule has 1 aliphatic heterocycles. The fraction of sp³-hybridized carbons (Fsp3) is 0.353. The summed E-state index contributed by atoms with van der Waals surface area (Å²) in [6, 6.07) is 1.46. The summed E-state index contributed by atoms with van der Waals surface area (Å²) in [5, 5.41) is 12.0. The molecular weight excluding hydrogens is 475 g/mol. The van der Waals surface area contributed by atoms with Crippen molar-refractivity contribution in [2.75, 3.05) is 31.1 Å². The Morgan fingerprint density at radius 2 is 1.39 bits per heavy atom. The molecule has 1 N–H and O–H groups in total. The average molecular weight is 488 g/mol. The molecule has 2 aromatic heterocycles. The highest BCUT2D eigenvalue weighted by Crippen LogP contribution is 2.34. The molecular formula is C17H13Cl2F6N5O. The Morgan fingerprint density at radius 1 is 0.871 bits per heavy atom. The van der Waals surface area contributed by atoms with E-state index in [0.29, 0.717) is 18.5 Å². The van der Waals surface area contributed by atoms with Gasteiger partial charge in [0.05, 0.1) is 21.2 Å². The van der Waals surface area contributed by atoms with E-state index in [-0.39, 0.29) is 53.6 Å². The molecule has 14 heteroatoms. The zero-order chi connectivity index (χ0) is 23.0. The summed E-state index contributed by atoms with van der Waals surface area (Å²) in [6.45, 7) is 0.847. The first-order chi connectivity index (χ1) is 14.4. The Labute approximate surface area is 181 Å². The second kappa shape index (κ2) is 8.58. The van der Waals surface area contributed by atoms with Gasteiger partial charge in [-0.25, -0.2) is 4.98 Å². The lowest BCUT2D eigenvalue weighted by molar-refractivity contribution is -0.138. The molecule has 0 bridgehead atoms. The summed E-state index contributed by atoms with van der Waals surface area (Å²) in [5.41, 5.74) is -2.17. The predicted octanol–water partition coefficient (Wildman–Crippen LogP) is 4.78. The first kappa shape index (κ1) is 23.2. The maximum Gasteiger partial charge on any atom is 0.417 e.